The molecule has 4 nitrogen and oxygen atoms in total. The average molecular weight is 368 g/mol. The third-order valence-corrected chi connectivity index (χ3v) is 4.67. The molecule has 0 spiro atoms. The molecular formula is C21H18F2N2O2. The van der Waals surface area contributed by atoms with E-state index in [4.69, 9.17) is 0 Å². The van der Waals surface area contributed by atoms with Gasteiger partial charge in [-0.2, -0.15) is 0 Å². The van der Waals surface area contributed by atoms with Gasteiger partial charge in [0.05, 0.1) is 5.92 Å². The summed E-state index contributed by atoms with van der Waals surface area (Å²) < 4.78 is 29.2. The van der Waals surface area contributed by atoms with Crippen molar-refractivity contribution in [2.45, 2.75) is 26.3 Å². The van der Waals surface area contributed by atoms with Gasteiger partial charge in [0.1, 0.15) is 5.69 Å². The highest BCUT2D eigenvalue weighted by Gasteiger charge is 2.45. The van der Waals surface area contributed by atoms with Crippen LogP contribution in [0.4, 0.5) is 19.3 Å². The number of hydrogen-bond acceptors (Lipinski definition) is 2. The second-order valence-corrected chi connectivity index (χ2v) is 6.95. The molecule has 1 aliphatic rings. The van der Waals surface area contributed by atoms with Crippen LogP contribution in [0, 0.1) is 29.4 Å². The minimum absolute atomic E-state index is 0.107. The van der Waals surface area contributed by atoms with Crippen molar-refractivity contribution in [3.8, 4) is 11.8 Å². The number of benzene rings is 2. The molecule has 1 aliphatic heterocycles. The number of anilines is 1. The second-order valence-electron chi connectivity index (χ2n) is 6.95. The quantitative estimate of drug-likeness (QED) is 0.778. The predicted octanol–water partition coefficient (Wildman–Crippen LogP) is 3.84. The summed E-state index contributed by atoms with van der Waals surface area (Å²) in [5, 5.41) is 2.60. The highest BCUT2D eigenvalue weighted by Crippen LogP contribution is 2.32. The average Bonchev–Trinajstić information content (AvgIpc) is 2.61. The van der Waals surface area contributed by atoms with E-state index < -0.39 is 40.7 Å². The first kappa shape index (κ1) is 18.6. The molecule has 3 amide bonds. The molecule has 1 heterocycles. The Hall–Kier alpha value is -3.20. The second kappa shape index (κ2) is 6.84. The molecule has 2 aromatic rings. The number of amides is 3. The Kier molecular flexibility index (Phi) is 4.71. The fraction of sp³-hybridized carbons (Fsp3) is 0.238. The number of carbonyl (C=O) groups excluding carboxylic acids is 2. The summed E-state index contributed by atoms with van der Waals surface area (Å²) in [6.07, 6.45) is 0. The maximum Gasteiger partial charge on any atom is 0.329 e. The van der Waals surface area contributed by atoms with Crippen molar-refractivity contribution >= 4 is 17.6 Å². The number of nitrogens with zero attached hydrogens (tertiary/aromatic N) is 1. The van der Waals surface area contributed by atoms with Crippen molar-refractivity contribution < 1.29 is 18.4 Å². The number of rotatable bonds is 1. The van der Waals surface area contributed by atoms with Crippen LogP contribution in [0.1, 0.15) is 31.9 Å². The zero-order valence-corrected chi connectivity index (χ0v) is 15.1. The van der Waals surface area contributed by atoms with E-state index in [-0.39, 0.29) is 5.56 Å². The van der Waals surface area contributed by atoms with Gasteiger partial charge in [-0.25, -0.2) is 18.5 Å². The highest BCUT2D eigenvalue weighted by atomic mass is 19.1. The van der Waals surface area contributed by atoms with Crippen LogP contribution in [0.2, 0.25) is 0 Å². The van der Waals surface area contributed by atoms with E-state index in [9.17, 15) is 18.4 Å². The Morgan fingerprint density at radius 1 is 1.00 bits per heavy atom. The van der Waals surface area contributed by atoms with Crippen LogP contribution < -0.4 is 10.2 Å². The molecule has 1 unspecified atom stereocenters. The summed E-state index contributed by atoms with van der Waals surface area (Å²) in [6.45, 7) is 4.96. The molecule has 0 bridgehead atoms. The van der Waals surface area contributed by atoms with Crippen LogP contribution in [0.3, 0.4) is 0 Å². The molecule has 138 valence electrons. The van der Waals surface area contributed by atoms with E-state index in [0.29, 0.717) is 10.5 Å². The summed E-state index contributed by atoms with van der Waals surface area (Å²) in [5.41, 5.74) is -0.691. The number of hydrogen-bond donors (Lipinski definition) is 1. The molecule has 0 saturated carbocycles. The number of imide groups is 1. The van der Waals surface area contributed by atoms with E-state index >= 15 is 0 Å². The van der Waals surface area contributed by atoms with Gasteiger partial charge in [-0.05, 0) is 38.1 Å². The molecule has 1 fully saturated rings. The molecular weight excluding hydrogens is 350 g/mol. The Bertz CT molecular complexity index is 952. The van der Waals surface area contributed by atoms with Crippen LogP contribution in [0.25, 0.3) is 0 Å². The van der Waals surface area contributed by atoms with Crippen LogP contribution in [-0.2, 0) is 4.79 Å². The van der Waals surface area contributed by atoms with Crippen molar-refractivity contribution in [2.75, 3.05) is 4.90 Å². The van der Waals surface area contributed by atoms with Crippen molar-refractivity contribution in [1.29, 1.82) is 0 Å². The molecule has 0 aliphatic carbocycles. The van der Waals surface area contributed by atoms with Crippen molar-refractivity contribution in [1.82, 2.24) is 5.32 Å². The van der Waals surface area contributed by atoms with Gasteiger partial charge >= 0.3 is 6.03 Å². The lowest BCUT2D eigenvalue weighted by atomic mass is 9.86. The molecule has 0 radical (unpaired) electrons. The van der Waals surface area contributed by atoms with E-state index in [1.54, 1.807) is 45.0 Å². The molecule has 27 heavy (non-hydrogen) atoms. The van der Waals surface area contributed by atoms with Crippen molar-refractivity contribution in [2.24, 2.45) is 5.92 Å². The Balaban J connectivity index is 1.98. The highest BCUT2D eigenvalue weighted by molar-refractivity contribution is 6.17. The smallest absolute Gasteiger partial charge is 0.329 e. The van der Waals surface area contributed by atoms with Crippen LogP contribution in [0.5, 0.6) is 0 Å². The number of carbonyl (C=O) groups is 2. The summed E-state index contributed by atoms with van der Waals surface area (Å²) in [5.74, 6) is 2.13. The van der Waals surface area contributed by atoms with Gasteiger partial charge in [0, 0.05) is 16.7 Å². The molecule has 0 aromatic heterocycles. The maximum absolute atomic E-state index is 14.6. The first-order chi connectivity index (χ1) is 12.7. The Morgan fingerprint density at radius 3 is 2.15 bits per heavy atom. The van der Waals surface area contributed by atoms with E-state index in [1.807, 2.05) is 6.07 Å². The third kappa shape index (κ3) is 3.54. The number of urea groups is 1. The lowest BCUT2D eigenvalue weighted by Crippen LogP contribution is -2.64. The molecule has 2 aromatic carbocycles. The molecule has 1 N–H and O–H groups in total. The lowest BCUT2D eigenvalue weighted by Gasteiger charge is -2.41. The first-order valence-corrected chi connectivity index (χ1v) is 8.43. The zero-order chi connectivity index (χ0) is 19.8. The number of nitrogens with one attached hydrogen (secondary N) is 1. The first-order valence-electron chi connectivity index (χ1n) is 8.43. The minimum atomic E-state index is -1.03. The predicted molar refractivity (Wildman–Crippen MR) is 98.0 cm³/mol. The summed E-state index contributed by atoms with van der Waals surface area (Å²) in [7, 11) is 0. The van der Waals surface area contributed by atoms with E-state index in [1.165, 1.54) is 0 Å². The normalized spacial score (nSPS) is 18.6. The SMILES string of the molecule is CC1C(=O)N(c2c(F)cc(C#Cc3ccccc3)cc2F)C(=O)NC1(C)C. The summed E-state index contributed by atoms with van der Waals surface area (Å²) >= 11 is 0. The largest absolute Gasteiger partial charge is 0.332 e. The lowest BCUT2D eigenvalue weighted by molar-refractivity contribution is -0.124. The minimum Gasteiger partial charge on any atom is -0.332 e. The van der Waals surface area contributed by atoms with Crippen molar-refractivity contribution in [3.63, 3.8) is 0 Å². The van der Waals surface area contributed by atoms with Crippen LogP contribution in [-0.4, -0.2) is 17.5 Å². The molecule has 3 rings (SSSR count). The fourth-order valence-electron chi connectivity index (χ4n) is 2.77. The van der Waals surface area contributed by atoms with Gasteiger partial charge in [-0.1, -0.05) is 37.0 Å². The van der Waals surface area contributed by atoms with Crippen molar-refractivity contribution in [3.05, 3.63) is 65.2 Å². The van der Waals surface area contributed by atoms with Crippen LogP contribution >= 0.6 is 0 Å². The molecule has 1 atom stereocenters. The van der Waals surface area contributed by atoms with Gasteiger partial charge in [-0.15, -0.1) is 0 Å². The van der Waals surface area contributed by atoms with Gasteiger partial charge in [-0.3, -0.25) is 4.79 Å². The Labute approximate surface area is 156 Å². The van der Waals surface area contributed by atoms with Gasteiger partial charge in [0.25, 0.3) is 0 Å². The van der Waals surface area contributed by atoms with E-state index in [0.717, 1.165) is 12.1 Å². The van der Waals surface area contributed by atoms with Gasteiger partial charge in [0.2, 0.25) is 5.91 Å². The zero-order valence-electron chi connectivity index (χ0n) is 15.1. The molecule has 6 heteroatoms. The summed E-state index contributed by atoms with van der Waals surface area (Å²) in [6, 6.07) is 10.2. The summed E-state index contributed by atoms with van der Waals surface area (Å²) in [4.78, 5) is 25.4. The fourth-order valence-corrected chi connectivity index (χ4v) is 2.77. The monoisotopic (exact) mass is 368 g/mol. The standard InChI is InChI=1S/C21H18F2N2O2/c1-13-19(26)25(20(27)24-21(13,2)3)18-16(22)11-15(12-17(18)23)10-9-14-7-5-4-6-8-14/h4-8,11-13H,1-3H3,(H,24,27). The number of halogens is 2. The third-order valence-electron chi connectivity index (χ3n) is 4.67. The maximum atomic E-state index is 14.6. The van der Waals surface area contributed by atoms with E-state index in [2.05, 4.69) is 17.2 Å². The van der Waals surface area contributed by atoms with Gasteiger partial charge in [0.15, 0.2) is 11.6 Å². The Morgan fingerprint density at radius 2 is 1.56 bits per heavy atom. The van der Waals surface area contributed by atoms with Crippen LogP contribution in [0.15, 0.2) is 42.5 Å². The topological polar surface area (TPSA) is 49.4 Å². The van der Waals surface area contributed by atoms with Gasteiger partial charge < -0.3 is 5.32 Å². The molecule has 1 saturated heterocycles.